The molecule has 0 aromatic heterocycles. The van der Waals surface area contributed by atoms with Crippen molar-refractivity contribution < 1.29 is 19.0 Å². The van der Waals surface area contributed by atoms with Gasteiger partial charge in [-0.05, 0) is 6.42 Å². The van der Waals surface area contributed by atoms with Crippen molar-refractivity contribution >= 4 is 57.5 Å². The quantitative estimate of drug-likeness (QED) is 0.397. The van der Waals surface area contributed by atoms with E-state index < -0.39 is 8.60 Å². The Morgan fingerprint density at radius 1 is 1.17 bits per heavy atom. The Bertz CT molecular complexity index is 83.9. The van der Waals surface area contributed by atoms with Gasteiger partial charge in [0, 0.05) is 6.61 Å². The summed E-state index contributed by atoms with van der Waals surface area (Å²) in [6.45, 7) is 3.48. The standard InChI is InChI=1S/C6H15O4P.Ba.2H/c1-2-3-4-9-5-6-10-11(7)8;;;/h7-8H,2-6H2,1H3;;;. The molecule has 0 spiro atoms. The van der Waals surface area contributed by atoms with Crippen molar-refractivity contribution in [1.82, 2.24) is 0 Å². The van der Waals surface area contributed by atoms with Crippen molar-refractivity contribution in [3.05, 3.63) is 0 Å². The topological polar surface area (TPSA) is 58.9 Å². The summed E-state index contributed by atoms with van der Waals surface area (Å²) in [5.74, 6) is 0. The Morgan fingerprint density at radius 2 is 1.83 bits per heavy atom. The van der Waals surface area contributed by atoms with Crippen LogP contribution in [0.1, 0.15) is 19.8 Å². The Hall–Kier alpha value is 1.84. The fraction of sp³-hybridized carbons (Fsp3) is 1.00. The van der Waals surface area contributed by atoms with Crippen molar-refractivity contribution in [2.45, 2.75) is 19.8 Å². The van der Waals surface area contributed by atoms with Gasteiger partial charge < -0.3 is 19.0 Å². The molecule has 4 nitrogen and oxygen atoms in total. The monoisotopic (exact) mass is 322 g/mol. The van der Waals surface area contributed by atoms with Crippen LogP contribution in [0.25, 0.3) is 0 Å². The summed E-state index contributed by atoms with van der Waals surface area (Å²) >= 11 is 0. The first-order valence-corrected chi connectivity index (χ1v) is 4.82. The number of unbranched alkanes of at least 4 members (excludes halogenated alkanes) is 1. The van der Waals surface area contributed by atoms with Crippen molar-refractivity contribution in [1.29, 1.82) is 0 Å². The van der Waals surface area contributed by atoms with Gasteiger partial charge in [-0.3, -0.25) is 0 Å². The van der Waals surface area contributed by atoms with Crippen molar-refractivity contribution in [3.8, 4) is 0 Å². The van der Waals surface area contributed by atoms with E-state index in [2.05, 4.69) is 11.4 Å². The molecular formula is C6H17BaO4P. The average Bonchev–Trinajstić information content (AvgIpc) is 1.96. The molecule has 2 N–H and O–H groups in total. The van der Waals surface area contributed by atoms with Gasteiger partial charge in [0.15, 0.2) is 0 Å². The molecule has 0 bridgehead atoms. The Balaban J connectivity index is 0. The molecule has 0 aliphatic heterocycles. The molecule has 72 valence electrons. The van der Waals surface area contributed by atoms with Crippen LogP contribution in [-0.4, -0.2) is 78.5 Å². The van der Waals surface area contributed by atoms with Gasteiger partial charge in [0.2, 0.25) is 0 Å². The van der Waals surface area contributed by atoms with Crippen molar-refractivity contribution in [2.24, 2.45) is 0 Å². The summed E-state index contributed by atoms with van der Waals surface area (Å²) in [5, 5.41) is 0. The second kappa shape index (κ2) is 12.8. The maximum absolute atomic E-state index is 8.30. The Kier molecular flexibility index (Phi) is 17.4. The summed E-state index contributed by atoms with van der Waals surface area (Å²) in [6, 6.07) is 0. The molecule has 0 atom stereocenters. The van der Waals surface area contributed by atoms with Crippen LogP contribution < -0.4 is 0 Å². The van der Waals surface area contributed by atoms with Gasteiger partial charge in [-0.1, -0.05) is 13.3 Å². The minimum absolute atomic E-state index is 0. The predicted octanol–water partition coefficient (Wildman–Crippen LogP) is 0.115. The van der Waals surface area contributed by atoms with Crippen molar-refractivity contribution in [2.75, 3.05) is 19.8 Å². The first kappa shape index (κ1) is 16.3. The number of hydrogen-bond acceptors (Lipinski definition) is 4. The fourth-order valence-electron chi connectivity index (χ4n) is 0.526. The van der Waals surface area contributed by atoms with E-state index in [1.807, 2.05) is 0 Å². The molecule has 0 amide bonds. The number of rotatable bonds is 7. The molecule has 0 fully saturated rings. The van der Waals surface area contributed by atoms with E-state index in [0.29, 0.717) is 13.2 Å². The van der Waals surface area contributed by atoms with Gasteiger partial charge in [-0.15, -0.1) is 0 Å². The van der Waals surface area contributed by atoms with Crippen LogP contribution in [0.2, 0.25) is 0 Å². The summed E-state index contributed by atoms with van der Waals surface area (Å²) < 4.78 is 9.56. The second-order valence-corrected chi connectivity index (χ2v) is 2.82. The van der Waals surface area contributed by atoms with Gasteiger partial charge in [-0.25, -0.2) is 0 Å². The Morgan fingerprint density at radius 3 is 2.33 bits per heavy atom. The van der Waals surface area contributed by atoms with Gasteiger partial charge in [0.05, 0.1) is 13.2 Å². The zero-order valence-corrected chi connectivity index (χ0v) is 7.59. The summed E-state index contributed by atoms with van der Waals surface area (Å²) in [6.07, 6.45) is 2.14. The molecule has 0 rings (SSSR count). The van der Waals surface area contributed by atoms with E-state index in [1.165, 1.54) is 0 Å². The summed E-state index contributed by atoms with van der Waals surface area (Å²) in [7, 11) is -2.20. The normalized spacial score (nSPS) is 10.0. The molecule has 0 heterocycles. The van der Waals surface area contributed by atoms with E-state index in [4.69, 9.17) is 14.5 Å². The van der Waals surface area contributed by atoms with Crippen LogP contribution in [0.3, 0.4) is 0 Å². The molecule has 0 aliphatic carbocycles. The van der Waals surface area contributed by atoms with Crippen molar-refractivity contribution in [3.63, 3.8) is 0 Å². The molecule has 0 unspecified atom stereocenters. The molecule has 12 heavy (non-hydrogen) atoms. The molecule has 0 saturated carbocycles. The first-order chi connectivity index (χ1) is 5.27. The van der Waals surface area contributed by atoms with Crippen LogP contribution >= 0.6 is 8.60 Å². The van der Waals surface area contributed by atoms with E-state index >= 15 is 0 Å². The van der Waals surface area contributed by atoms with Crippen LogP contribution in [0.4, 0.5) is 0 Å². The van der Waals surface area contributed by atoms with E-state index in [9.17, 15) is 0 Å². The molecular weight excluding hydrogens is 304 g/mol. The molecule has 0 aromatic rings. The third-order valence-corrected chi connectivity index (χ3v) is 1.49. The van der Waals surface area contributed by atoms with E-state index in [0.717, 1.165) is 12.8 Å². The van der Waals surface area contributed by atoms with Gasteiger partial charge in [0.1, 0.15) is 0 Å². The molecule has 0 radical (unpaired) electrons. The van der Waals surface area contributed by atoms with Crippen LogP contribution in [0, 0.1) is 0 Å². The summed E-state index contributed by atoms with van der Waals surface area (Å²) in [4.78, 5) is 16.6. The number of ether oxygens (including phenoxy) is 1. The minimum atomic E-state index is -2.20. The second-order valence-electron chi connectivity index (χ2n) is 2.05. The van der Waals surface area contributed by atoms with Gasteiger partial charge in [-0.2, -0.15) is 0 Å². The van der Waals surface area contributed by atoms with Crippen LogP contribution in [-0.2, 0) is 9.26 Å². The molecule has 0 aromatic carbocycles. The van der Waals surface area contributed by atoms with Gasteiger partial charge >= 0.3 is 57.5 Å². The van der Waals surface area contributed by atoms with E-state index in [1.54, 1.807) is 0 Å². The SMILES string of the molecule is CCCCOCCOP(O)O.[BaH2]. The van der Waals surface area contributed by atoms with Crippen LogP contribution in [0.15, 0.2) is 0 Å². The first-order valence-electron chi connectivity index (χ1n) is 3.66. The third kappa shape index (κ3) is 14.4. The van der Waals surface area contributed by atoms with E-state index in [-0.39, 0.29) is 55.5 Å². The fourth-order valence-corrected chi connectivity index (χ4v) is 0.764. The number of hydrogen-bond donors (Lipinski definition) is 2. The zero-order valence-electron chi connectivity index (χ0n) is 6.69. The van der Waals surface area contributed by atoms with Crippen LogP contribution in [0.5, 0.6) is 0 Å². The maximum atomic E-state index is 8.30. The molecule has 0 aliphatic rings. The average molecular weight is 322 g/mol. The molecule has 0 saturated heterocycles. The predicted molar refractivity (Wildman–Crippen MR) is 51.6 cm³/mol. The zero-order chi connectivity index (χ0) is 8.53. The molecule has 6 heteroatoms. The van der Waals surface area contributed by atoms with Gasteiger partial charge in [0.25, 0.3) is 0 Å². The summed E-state index contributed by atoms with van der Waals surface area (Å²) in [5.41, 5.74) is 0. The Labute approximate surface area is 115 Å². The third-order valence-electron chi connectivity index (χ3n) is 1.08.